The molecule has 0 aliphatic rings. The van der Waals surface area contributed by atoms with Crippen molar-refractivity contribution in [3.8, 4) is 0 Å². The van der Waals surface area contributed by atoms with E-state index in [0.717, 1.165) is 16.0 Å². The van der Waals surface area contributed by atoms with Gasteiger partial charge in [0.05, 0.1) is 24.5 Å². The van der Waals surface area contributed by atoms with Crippen molar-refractivity contribution in [2.75, 3.05) is 25.6 Å². The Morgan fingerprint density at radius 2 is 1.96 bits per heavy atom. The molecule has 0 saturated heterocycles. The summed E-state index contributed by atoms with van der Waals surface area (Å²) in [5.74, 6) is -1.09. The molecule has 0 unspecified atom stereocenters. The molecular formula is C20H30FN3O4. The van der Waals surface area contributed by atoms with Gasteiger partial charge in [-0.3, -0.25) is 14.4 Å². The fourth-order valence-corrected chi connectivity index (χ4v) is 1.99. The first-order chi connectivity index (χ1) is 13.3. The number of amides is 2. The molecule has 0 aromatic heterocycles. The van der Waals surface area contributed by atoms with Crippen molar-refractivity contribution in [2.24, 2.45) is 0 Å². The van der Waals surface area contributed by atoms with Gasteiger partial charge >= 0.3 is 0 Å². The van der Waals surface area contributed by atoms with Crippen molar-refractivity contribution < 1.29 is 23.9 Å². The highest BCUT2D eigenvalue weighted by molar-refractivity contribution is 5.97. The van der Waals surface area contributed by atoms with Gasteiger partial charge in [0.25, 0.3) is 5.91 Å². The van der Waals surface area contributed by atoms with Gasteiger partial charge in [0.2, 0.25) is 6.41 Å². The number of allylic oxidation sites excluding steroid dienone is 1. The van der Waals surface area contributed by atoms with Gasteiger partial charge in [0, 0.05) is 7.05 Å². The Bertz CT molecular complexity index is 713. The molecule has 0 heterocycles. The van der Waals surface area contributed by atoms with Crippen LogP contribution in [0.2, 0.25) is 0 Å². The summed E-state index contributed by atoms with van der Waals surface area (Å²) in [7, 11) is 1.43. The van der Waals surface area contributed by atoms with Crippen molar-refractivity contribution >= 4 is 18.0 Å². The summed E-state index contributed by atoms with van der Waals surface area (Å²) in [5.41, 5.74) is 3.88. The van der Waals surface area contributed by atoms with E-state index in [1.165, 1.54) is 25.3 Å². The van der Waals surface area contributed by atoms with Gasteiger partial charge < -0.3 is 15.3 Å². The molecule has 2 amide bonds. The summed E-state index contributed by atoms with van der Waals surface area (Å²) in [5, 5.41) is 11.5. The number of anilines is 1. The predicted octanol–water partition coefficient (Wildman–Crippen LogP) is 2.88. The van der Waals surface area contributed by atoms with Gasteiger partial charge in [-0.25, -0.2) is 9.87 Å². The van der Waals surface area contributed by atoms with Crippen LogP contribution >= 0.6 is 0 Å². The smallest absolute Gasteiger partial charge is 0.278 e. The van der Waals surface area contributed by atoms with Crippen LogP contribution < -0.4 is 10.8 Å². The first-order valence-electron chi connectivity index (χ1n) is 8.93. The van der Waals surface area contributed by atoms with Gasteiger partial charge in [-0.1, -0.05) is 25.5 Å². The molecule has 0 spiro atoms. The average Bonchev–Trinajstić information content (AvgIpc) is 2.67. The number of aryl methyl sites for hydroxylation is 1. The number of hydrogen-bond donors (Lipinski definition) is 3. The number of carbonyl (C=O) groups is 2. The van der Waals surface area contributed by atoms with Crippen molar-refractivity contribution in [3.63, 3.8) is 0 Å². The number of hydroxylamine groups is 1. The van der Waals surface area contributed by atoms with Gasteiger partial charge in [0.1, 0.15) is 11.6 Å². The van der Waals surface area contributed by atoms with E-state index in [2.05, 4.69) is 10.8 Å². The number of rotatable bonds is 9. The van der Waals surface area contributed by atoms with E-state index in [4.69, 9.17) is 9.94 Å². The maximum atomic E-state index is 14.2. The summed E-state index contributed by atoms with van der Waals surface area (Å²) < 4.78 is 14.2. The maximum absolute atomic E-state index is 14.2. The quantitative estimate of drug-likeness (QED) is 0.197. The minimum absolute atomic E-state index is 0.0671. The third-order valence-electron chi connectivity index (χ3n) is 3.18. The summed E-state index contributed by atoms with van der Waals surface area (Å²) in [6, 6.07) is 4.56. The zero-order valence-corrected chi connectivity index (χ0v) is 17.3. The summed E-state index contributed by atoms with van der Waals surface area (Å²) in [6.07, 6.45) is 2.03. The molecule has 28 heavy (non-hydrogen) atoms. The van der Waals surface area contributed by atoms with Crippen LogP contribution in [0.1, 0.15) is 33.3 Å². The predicted molar refractivity (Wildman–Crippen MR) is 108 cm³/mol. The third kappa shape index (κ3) is 8.32. The highest BCUT2D eigenvalue weighted by atomic mass is 19.1. The lowest BCUT2D eigenvalue weighted by atomic mass is 10.1. The fraction of sp³-hybridized carbons (Fsp3) is 0.400. The monoisotopic (exact) mass is 395 g/mol. The molecule has 1 rings (SSSR count). The molecule has 3 N–H and O–H groups in total. The van der Waals surface area contributed by atoms with E-state index < -0.39 is 11.7 Å². The van der Waals surface area contributed by atoms with Crippen molar-refractivity contribution in [3.05, 3.63) is 52.6 Å². The lowest BCUT2D eigenvalue weighted by molar-refractivity contribution is -0.130. The molecule has 156 valence electrons. The second-order valence-electron chi connectivity index (χ2n) is 5.81. The number of aliphatic hydroxyl groups excluding tert-OH is 1. The van der Waals surface area contributed by atoms with Crippen LogP contribution in [0.25, 0.3) is 0 Å². The Morgan fingerprint density at radius 3 is 2.46 bits per heavy atom. The van der Waals surface area contributed by atoms with E-state index >= 15 is 0 Å². The molecule has 0 aliphatic heterocycles. The highest BCUT2D eigenvalue weighted by Gasteiger charge is 2.19. The number of nitrogens with one attached hydrogen (secondary N) is 2. The standard InChI is InChI=1S/C18H24FN3O4.C2H6/c1-12(2)9-14(18(25)21-26-8-7-23)17(22(4)11-24)20-16-6-5-13(3)10-15(16)19;1-2/h5-6,9-11,20,23H,7-8H2,1-4H3,(H,21,25);1-2H3/b17-14+;. The van der Waals surface area contributed by atoms with E-state index in [9.17, 15) is 14.0 Å². The Hall–Kier alpha value is -2.71. The van der Waals surface area contributed by atoms with Crippen molar-refractivity contribution in [1.29, 1.82) is 0 Å². The van der Waals surface area contributed by atoms with E-state index in [1.54, 1.807) is 26.8 Å². The van der Waals surface area contributed by atoms with Crippen LogP contribution in [0.5, 0.6) is 0 Å². The van der Waals surface area contributed by atoms with Gasteiger partial charge in [0.15, 0.2) is 0 Å². The number of nitrogens with zero attached hydrogens (tertiary/aromatic N) is 1. The molecule has 8 heteroatoms. The third-order valence-corrected chi connectivity index (χ3v) is 3.18. The first kappa shape index (κ1) is 25.3. The highest BCUT2D eigenvalue weighted by Crippen LogP contribution is 2.21. The Labute approximate surface area is 165 Å². The van der Waals surface area contributed by atoms with Crippen LogP contribution in [-0.4, -0.2) is 42.6 Å². The maximum Gasteiger partial charge on any atom is 0.278 e. The second kappa shape index (κ2) is 13.5. The van der Waals surface area contributed by atoms with Crippen LogP contribution in [0, 0.1) is 12.7 Å². The van der Waals surface area contributed by atoms with Crippen LogP contribution in [0.3, 0.4) is 0 Å². The molecule has 7 nitrogen and oxygen atoms in total. The molecule has 1 aromatic carbocycles. The minimum atomic E-state index is -0.650. The molecule has 0 fully saturated rings. The number of halogens is 1. The molecule has 0 saturated carbocycles. The van der Waals surface area contributed by atoms with Gasteiger partial charge in [-0.2, -0.15) is 0 Å². The Kier molecular flexibility index (Phi) is 12.2. The summed E-state index contributed by atoms with van der Waals surface area (Å²) in [4.78, 5) is 29.7. The second-order valence-corrected chi connectivity index (χ2v) is 5.81. The van der Waals surface area contributed by atoms with Crippen LogP contribution in [0.4, 0.5) is 10.1 Å². The molecule has 1 aromatic rings. The van der Waals surface area contributed by atoms with E-state index in [0.29, 0.717) is 6.41 Å². The topological polar surface area (TPSA) is 90.9 Å². The number of benzene rings is 1. The lowest BCUT2D eigenvalue weighted by Gasteiger charge is -2.21. The van der Waals surface area contributed by atoms with Crippen molar-refractivity contribution in [1.82, 2.24) is 10.4 Å². The van der Waals surface area contributed by atoms with Crippen molar-refractivity contribution in [2.45, 2.75) is 34.6 Å². The average molecular weight is 395 g/mol. The lowest BCUT2D eigenvalue weighted by Crippen LogP contribution is -2.32. The first-order valence-corrected chi connectivity index (χ1v) is 8.93. The number of aliphatic hydroxyl groups is 1. The molecule has 0 aliphatic carbocycles. The van der Waals surface area contributed by atoms with E-state index in [1.807, 2.05) is 13.8 Å². The zero-order valence-electron chi connectivity index (χ0n) is 17.3. The fourth-order valence-electron chi connectivity index (χ4n) is 1.99. The SMILES string of the molecule is CC.CC(C)=C/C(C(=O)NOCCO)=C(/Nc1ccc(C)cc1F)N(C)C=O. The summed E-state index contributed by atoms with van der Waals surface area (Å²) in [6.45, 7) is 8.93. The van der Waals surface area contributed by atoms with Gasteiger partial charge in [-0.15, -0.1) is 0 Å². The molecule has 0 bridgehead atoms. The summed E-state index contributed by atoms with van der Waals surface area (Å²) >= 11 is 0. The van der Waals surface area contributed by atoms with Crippen LogP contribution in [0.15, 0.2) is 41.2 Å². The zero-order chi connectivity index (χ0) is 21.7. The van der Waals surface area contributed by atoms with Crippen LogP contribution in [-0.2, 0) is 14.4 Å². The molecular weight excluding hydrogens is 365 g/mol. The normalized spacial score (nSPS) is 10.7. The Morgan fingerprint density at radius 1 is 1.32 bits per heavy atom. The minimum Gasteiger partial charge on any atom is -0.394 e. The molecule has 0 radical (unpaired) electrons. The largest absolute Gasteiger partial charge is 0.394 e. The Balaban J connectivity index is 0.00000352. The van der Waals surface area contributed by atoms with Gasteiger partial charge in [-0.05, 0) is 44.5 Å². The molecule has 0 atom stereocenters. The van der Waals surface area contributed by atoms with E-state index in [-0.39, 0.29) is 30.3 Å². The number of carbonyl (C=O) groups excluding carboxylic acids is 2. The number of hydrogen-bond acceptors (Lipinski definition) is 5.